The van der Waals surface area contributed by atoms with Gasteiger partial charge in [0, 0.05) is 23.4 Å². The van der Waals surface area contributed by atoms with E-state index in [1.807, 2.05) is 0 Å². The molecule has 0 saturated carbocycles. The number of nitro groups is 1. The summed E-state index contributed by atoms with van der Waals surface area (Å²) < 4.78 is 11.2. The molecule has 3 N–H and O–H groups in total. The van der Waals surface area contributed by atoms with Gasteiger partial charge in [0.1, 0.15) is 23.0 Å². The number of aromatic carboxylic acids is 2. The van der Waals surface area contributed by atoms with E-state index >= 15 is 0 Å². The van der Waals surface area contributed by atoms with Crippen LogP contribution < -0.4 is 14.8 Å². The van der Waals surface area contributed by atoms with E-state index in [-0.39, 0.29) is 22.9 Å². The Morgan fingerprint density at radius 1 is 0.658 bits per heavy atom. The molecule has 0 fully saturated rings. The number of nitro benzene ring substituents is 1. The number of carboxylic acid groups (broad SMARTS) is 2. The van der Waals surface area contributed by atoms with Crippen molar-refractivity contribution in [3.8, 4) is 23.0 Å². The minimum atomic E-state index is -1.39. The predicted molar refractivity (Wildman–Crippen MR) is 134 cm³/mol. The van der Waals surface area contributed by atoms with Crippen molar-refractivity contribution >= 4 is 29.2 Å². The SMILES string of the molecule is O=C(Nc1ccc(Oc2ccc(C(=O)O)c(C(=O)O)c2)cc1)c1ccc(Oc2ccc([N+](=O)[O-])cc2)cc1. The molecule has 11 heteroatoms. The molecular formula is C27H18N2O9. The smallest absolute Gasteiger partial charge is 0.336 e. The summed E-state index contributed by atoms with van der Waals surface area (Å²) in [4.78, 5) is 45.4. The van der Waals surface area contributed by atoms with Gasteiger partial charge in [-0.15, -0.1) is 0 Å². The largest absolute Gasteiger partial charge is 0.478 e. The lowest BCUT2D eigenvalue weighted by atomic mass is 10.1. The molecule has 0 bridgehead atoms. The van der Waals surface area contributed by atoms with Crippen LogP contribution in [0, 0.1) is 10.1 Å². The molecule has 0 aliphatic rings. The lowest BCUT2D eigenvalue weighted by Crippen LogP contribution is -2.11. The van der Waals surface area contributed by atoms with E-state index in [0.717, 1.165) is 12.1 Å². The van der Waals surface area contributed by atoms with Crippen LogP contribution in [-0.2, 0) is 0 Å². The molecule has 0 aliphatic heterocycles. The van der Waals surface area contributed by atoms with Crippen molar-refractivity contribution in [1.82, 2.24) is 0 Å². The number of ether oxygens (including phenoxy) is 2. The molecule has 38 heavy (non-hydrogen) atoms. The Hall–Kier alpha value is -5.71. The number of amides is 1. The van der Waals surface area contributed by atoms with Gasteiger partial charge in [-0.1, -0.05) is 0 Å². The van der Waals surface area contributed by atoms with Crippen molar-refractivity contribution in [1.29, 1.82) is 0 Å². The highest BCUT2D eigenvalue weighted by atomic mass is 16.6. The van der Waals surface area contributed by atoms with Crippen LogP contribution in [-0.4, -0.2) is 33.0 Å². The Morgan fingerprint density at radius 2 is 1.13 bits per heavy atom. The fourth-order valence-electron chi connectivity index (χ4n) is 3.34. The summed E-state index contributed by atoms with van der Waals surface area (Å²) in [6.45, 7) is 0. The third kappa shape index (κ3) is 6.10. The predicted octanol–water partition coefficient (Wildman–Crippen LogP) is 5.83. The normalized spacial score (nSPS) is 10.3. The third-order valence-electron chi connectivity index (χ3n) is 5.20. The molecule has 0 unspecified atom stereocenters. The van der Waals surface area contributed by atoms with E-state index in [1.54, 1.807) is 48.5 Å². The van der Waals surface area contributed by atoms with Gasteiger partial charge in [0.25, 0.3) is 11.6 Å². The maximum absolute atomic E-state index is 12.6. The Balaban J connectivity index is 1.36. The van der Waals surface area contributed by atoms with E-state index in [2.05, 4.69) is 5.32 Å². The van der Waals surface area contributed by atoms with Gasteiger partial charge in [0.15, 0.2) is 0 Å². The second-order valence-corrected chi connectivity index (χ2v) is 7.78. The number of nitrogens with zero attached hydrogens (tertiary/aromatic N) is 1. The van der Waals surface area contributed by atoms with Crippen LogP contribution in [0.3, 0.4) is 0 Å². The molecule has 0 spiro atoms. The average molecular weight is 514 g/mol. The number of nitrogens with one attached hydrogen (secondary N) is 1. The standard InChI is InChI=1S/C27H18N2O9/c30-25(16-1-7-19(8-2-16)37-21-11-5-18(6-12-21)29(35)36)28-17-3-9-20(10-4-17)38-22-13-14-23(26(31)32)24(15-22)27(33)34/h1-15H,(H,28,30)(H,31,32)(H,33,34). The van der Waals surface area contributed by atoms with E-state index < -0.39 is 22.4 Å². The van der Waals surface area contributed by atoms with Crippen LogP contribution in [0.4, 0.5) is 11.4 Å². The number of hydrogen-bond acceptors (Lipinski definition) is 7. The summed E-state index contributed by atoms with van der Waals surface area (Å²) in [5.41, 5.74) is 0.0321. The van der Waals surface area contributed by atoms with Crippen molar-refractivity contribution in [2.24, 2.45) is 0 Å². The highest BCUT2D eigenvalue weighted by molar-refractivity contribution is 6.04. The van der Waals surface area contributed by atoms with Crippen LogP contribution in [0.15, 0.2) is 91.0 Å². The zero-order chi connectivity index (χ0) is 27.2. The molecule has 190 valence electrons. The highest BCUT2D eigenvalue weighted by Gasteiger charge is 2.17. The topological polar surface area (TPSA) is 165 Å². The maximum Gasteiger partial charge on any atom is 0.336 e. The van der Waals surface area contributed by atoms with Gasteiger partial charge in [0.05, 0.1) is 16.1 Å². The Bertz CT molecular complexity index is 1510. The number of carbonyl (C=O) groups is 3. The van der Waals surface area contributed by atoms with Crippen molar-refractivity contribution in [3.05, 3.63) is 118 Å². The second kappa shape index (κ2) is 10.9. The first-order valence-electron chi connectivity index (χ1n) is 10.9. The molecule has 4 aromatic carbocycles. The Labute approximate surface area is 214 Å². The average Bonchev–Trinajstić information content (AvgIpc) is 2.90. The zero-order valence-corrected chi connectivity index (χ0v) is 19.4. The molecule has 0 atom stereocenters. The van der Waals surface area contributed by atoms with Gasteiger partial charge in [-0.25, -0.2) is 9.59 Å². The van der Waals surface area contributed by atoms with Crippen LogP contribution in [0.5, 0.6) is 23.0 Å². The first-order chi connectivity index (χ1) is 18.2. The molecule has 0 aliphatic carbocycles. The number of carbonyl (C=O) groups excluding carboxylic acids is 1. The van der Waals surface area contributed by atoms with Crippen LogP contribution in [0.2, 0.25) is 0 Å². The van der Waals surface area contributed by atoms with E-state index in [4.69, 9.17) is 14.6 Å². The Kier molecular flexibility index (Phi) is 7.29. The number of carboxylic acids is 2. The summed E-state index contributed by atoms with van der Waals surface area (Å²) in [6.07, 6.45) is 0. The molecule has 1 amide bonds. The first-order valence-corrected chi connectivity index (χ1v) is 10.9. The van der Waals surface area contributed by atoms with Gasteiger partial charge >= 0.3 is 11.9 Å². The van der Waals surface area contributed by atoms with E-state index in [0.29, 0.717) is 28.5 Å². The van der Waals surface area contributed by atoms with Gasteiger partial charge in [-0.05, 0) is 78.9 Å². The summed E-state index contributed by atoms with van der Waals surface area (Å²) in [5.74, 6) is -1.80. The number of rotatable bonds is 9. The van der Waals surface area contributed by atoms with Crippen molar-refractivity contribution in [3.63, 3.8) is 0 Å². The molecule has 4 aromatic rings. The second-order valence-electron chi connectivity index (χ2n) is 7.78. The van der Waals surface area contributed by atoms with E-state index in [1.165, 1.54) is 30.3 Å². The minimum Gasteiger partial charge on any atom is -0.478 e. The summed E-state index contributed by atoms with van der Waals surface area (Å²) >= 11 is 0. The minimum absolute atomic E-state index is 0.0503. The highest BCUT2D eigenvalue weighted by Crippen LogP contribution is 2.27. The molecule has 0 heterocycles. The van der Waals surface area contributed by atoms with Crippen molar-refractivity contribution in [2.75, 3.05) is 5.32 Å². The van der Waals surface area contributed by atoms with Crippen LogP contribution >= 0.6 is 0 Å². The van der Waals surface area contributed by atoms with Crippen LogP contribution in [0.25, 0.3) is 0 Å². The van der Waals surface area contributed by atoms with Crippen LogP contribution in [0.1, 0.15) is 31.1 Å². The molecule has 4 rings (SSSR count). The Morgan fingerprint density at radius 3 is 1.66 bits per heavy atom. The lowest BCUT2D eigenvalue weighted by molar-refractivity contribution is -0.384. The molecule has 0 aromatic heterocycles. The monoisotopic (exact) mass is 514 g/mol. The first kappa shape index (κ1) is 25.4. The van der Waals surface area contributed by atoms with Gasteiger partial charge in [0.2, 0.25) is 0 Å². The van der Waals surface area contributed by atoms with E-state index in [9.17, 15) is 29.6 Å². The quantitative estimate of drug-likeness (QED) is 0.184. The molecule has 0 saturated heterocycles. The maximum atomic E-state index is 12.6. The molecular weight excluding hydrogens is 496 g/mol. The summed E-state index contributed by atoms with van der Waals surface area (Å²) in [7, 11) is 0. The zero-order valence-electron chi connectivity index (χ0n) is 19.4. The number of non-ortho nitro benzene ring substituents is 1. The molecule has 0 radical (unpaired) electrons. The van der Waals surface area contributed by atoms with Gasteiger partial charge in [-0.3, -0.25) is 14.9 Å². The summed E-state index contributed by atoms with van der Waals surface area (Å²) in [5, 5.41) is 31.8. The van der Waals surface area contributed by atoms with Gasteiger partial charge in [-0.2, -0.15) is 0 Å². The fraction of sp³-hybridized carbons (Fsp3) is 0. The molecule has 11 nitrogen and oxygen atoms in total. The van der Waals surface area contributed by atoms with Crippen molar-refractivity contribution < 1.29 is 39.0 Å². The third-order valence-corrected chi connectivity index (χ3v) is 5.20. The number of hydrogen-bond donors (Lipinski definition) is 3. The summed E-state index contributed by atoms with van der Waals surface area (Å²) in [6, 6.07) is 21.8. The lowest BCUT2D eigenvalue weighted by Gasteiger charge is -2.10. The number of benzene rings is 4. The number of anilines is 1. The fourth-order valence-corrected chi connectivity index (χ4v) is 3.34. The van der Waals surface area contributed by atoms with Crippen molar-refractivity contribution in [2.45, 2.75) is 0 Å². The van der Waals surface area contributed by atoms with Gasteiger partial charge < -0.3 is 25.0 Å².